The summed E-state index contributed by atoms with van der Waals surface area (Å²) in [6, 6.07) is 3.00. The summed E-state index contributed by atoms with van der Waals surface area (Å²) in [7, 11) is -1.08. The molecule has 29 heavy (non-hydrogen) atoms. The molecule has 0 amide bonds. The van der Waals surface area contributed by atoms with Gasteiger partial charge in [0.2, 0.25) is 0 Å². The summed E-state index contributed by atoms with van der Waals surface area (Å²) in [5.74, 6) is -0.563. The lowest BCUT2D eigenvalue weighted by molar-refractivity contribution is -0.162. The molecule has 0 bridgehead atoms. The first-order valence-electron chi connectivity index (χ1n) is 9.39. The van der Waals surface area contributed by atoms with E-state index in [4.69, 9.17) is 18.8 Å². The van der Waals surface area contributed by atoms with Crippen molar-refractivity contribution in [3.8, 4) is 5.75 Å². The number of carbonyl (C=O) groups is 1. The monoisotopic (exact) mass is 416 g/mol. The van der Waals surface area contributed by atoms with Gasteiger partial charge in [-0.25, -0.2) is 4.79 Å². The van der Waals surface area contributed by atoms with Gasteiger partial charge in [-0.15, -0.1) is 0 Å². The second-order valence-electron chi connectivity index (χ2n) is 9.13. The summed E-state index contributed by atoms with van der Waals surface area (Å²) in [6.45, 7) is 13.8. The Hall–Kier alpha value is -1.74. The molecule has 0 aromatic heterocycles. The molecule has 1 aromatic carbocycles. The van der Waals surface area contributed by atoms with Crippen LogP contribution in [0.4, 0.5) is 13.2 Å². The van der Waals surface area contributed by atoms with E-state index in [0.717, 1.165) is 12.1 Å². The number of ether oxygens (including phenoxy) is 2. The molecule has 2 rings (SSSR count). The summed E-state index contributed by atoms with van der Waals surface area (Å²) in [5.41, 5.74) is -3.02. The molecule has 1 heterocycles. The van der Waals surface area contributed by atoms with E-state index >= 15 is 0 Å². The lowest BCUT2D eigenvalue weighted by Gasteiger charge is -2.32. The molecule has 1 aliphatic rings. The van der Waals surface area contributed by atoms with Gasteiger partial charge in [0.05, 0.1) is 16.8 Å². The lowest BCUT2D eigenvalue weighted by Crippen LogP contribution is -2.41. The highest BCUT2D eigenvalue weighted by atomic mass is 19.4. The van der Waals surface area contributed by atoms with Crippen molar-refractivity contribution in [2.24, 2.45) is 0 Å². The van der Waals surface area contributed by atoms with Crippen molar-refractivity contribution in [1.29, 1.82) is 0 Å². The molecule has 0 radical (unpaired) electrons. The van der Waals surface area contributed by atoms with Crippen LogP contribution in [-0.2, 0) is 25.0 Å². The minimum Gasteiger partial charge on any atom is -0.479 e. The van der Waals surface area contributed by atoms with Gasteiger partial charge in [0.1, 0.15) is 11.4 Å². The van der Waals surface area contributed by atoms with Crippen LogP contribution in [0.5, 0.6) is 5.75 Å². The Morgan fingerprint density at radius 1 is 1.07 bits per heavy atom. The van der Waals surface area contributed by atoms with Crippen LogP contribution >= 0.6 is 0 Å². The fourth-order valence-electron chi connectivity index (χ4n) is 2.61. The summed E-state index contributed by atoms with van der Waals surface area (Å²) in [5, 5.41) is 0. The number of rotatable bonds is 4. The normalized spacial score (nSPS) is 19.8. The van der Waals surface area contributed by atoms with Gasteiger partial charge in [-0.2, -0.15) is 13.2 Å². The van der Waals surface area contributed by atoms with Crippen molar-refractivity contribution in [3.63, 3.8) is 0 Å². The quantitative estimate of drug-likeness (QED) is 0.546. The molecule has 1 aliphatic heterocycles. The molecule has 0 saturated carbocycles. The third-order valence-corrected chi connectivity index (χ3v) is 4.89. The zero-order valence-corrected chi connectivity index (χ0v) is 18.1. The van der Waals surface area contributed by atoms with E-state index in [1.807, 2.05) is 0 Å². The molecule has 1 fully saturated rings. The van der Waals surface area contributed by atoms with E-state index in [1.54, 1.807) is 48.5 Å². The third kappa shape index (κ3) is 5.45. The molecule has 5 nitrogen and oxygen atoms in total. The fourth-order valence-corrected chi connectivity index (χ4v) is 2.61. The molecule has 1 unspecified atom stereocenters. The van der Waals surface area contributed by atoms with E-state index in [0.29, 0.717) is 0 Å². The zero-order valence-electron chi connectivity index (χ0n) is 18.1. The second kappa shape index (κ2) is 7.50. The van der Waals surface area contributed by atoms with Gasteiger partial charge in [-0.3, -0.25) is 0 Å². The first-order chi connectivity index (χ1) is 12.9. The number of esters is 1. The molecular formula is C20H28BF3O5. The molecule has 1 saturated heterocycles. The summed E-state index contributed by atoms with van der Waals surface area (Å²) in [4.78, 5) is 12.2. The zero-order chi connectivity index (χ0) is 22.4. The van der Waals surface area contributed by atoms with Crippen molar-refractivity contribution in [2.75, 3.05) is 0 Å². The van der Waals surface area contributed by atoms with Crippen molar-refractivity contribution in [3.05, 3.63) is 23.8 Å². The molecule has 0 N–H and O–H groups in total. The Labute approximate surface area is 170 Å². The average Bonchev–Trinajstić information content (AvgIpc) is 2.72. The summed E-state index contributed by atoms with van der Waals surface area (Å²) >= 11 is 0. The Balaban J connectivity index is 2.39. The maximum Gasteiger partial charge on any atom is 0.498 e. The van der Waals surface area contributed by atoms with Crippen LogP contribution < -0.4 is 10.2 Å². The molecular weight excluding hydrogens is 388 g/mol. The van der Waals surface area contributed by atoms with E-state index in [2.05, 4.69) is 0 Å². The smallest absolute Gasteiger partial charge is 0.479 e. The van der Waals surface area contributed by atoms with Crippen LogP contribution in [-0.4, -0.2) is 36.0 Å². The highest BCUT2D eigenvalue weighted by molar-refractivity contribution is 6.63. The SMILES string of the molecule is CC(Oc1ccc(C(F)(F)F)cc1B1OC(C)(C)C(C)(C)O1)C(=O)OC(C)(C)C. The topological polar surface area (TPSA) is 54.0 Å². The van der Waals surface area contributed by atoms with Crippen molar-refractivity contribution in [1.82, 2.24) is 0 Å². The highest BCUT2D eigenvalue weighted by Crippen LogP contribution is 2.38. The first kappa shape index (κ1) is 23.5. The minimum atomic E-state index is -4.55. The fraction of sp³-hybridized carbons (Fsp3) is 0.650. The van der Waals surface area contributed by atoms with E-state index < -0.39 is 47.7 Å². The van der Waals surface area contributed by atoms with Crippen LogP contribution in [0.25, 0.3) is 0 Å². The van der Waals surface area contributed by atoms with Gasteiger partial charge >= 0.3 is 19.3 Å². The van der Waals surface area contributed by atoms with Crippen LogP contribution in [0.3, 0.4) is 0 Å². The van der Waals surface area contributed by atoms with Crippen molar-refractivity contribution in [2.45, 2.75) is 84.5 Å². The molecule has 9 heteroatoms. The Bertz CT molecular complexity index is 752. The molecule has 0 spiro atoms. The number of benzene rings is 1. The van der Waals surface area contributed by atoms with E-state index in [1.165, 1.54) is 13.0 Å². The molecule has 1 atom stereocenters. The standard InChI is InChI=1S/C20H28BF3O5/c1-12(16(25)27-17(2,3)4)26-15-10-9-13(20(22,23)24)11-14(15)21-28-18(5,6)19(7,8)29-21/h9-12H,1-8H3. The van der Waals surface area contributed by atoms with E-state index in [9.17, 15) is 18.0 Å². The van der Waals surface area contributed by atoms with Gasteiger partial charge in [-0.05, 0) is 73.6 Å². The van der Waals surface area contributed by atoms with Crippen molar-refractivity contribution < 1.29 is 36.7 Å². The van der Waals surface area contributed by atoms with E-state index in [-0.39, 0.29) is 11.2 Å². The van der Waals surface area contributed by atoms with Crippen molar-refractivity contribution >= 4 is 18.6 Å². The number of hydrogen-bond donors (Lipinski definition) is 0. The van der Waals surface area contributed by atoms with Gasteiger partial charge < -0.3 is 18.8 Å². The van der Waals surface area contributed by atoms with Gasteiger partial charge in [0, 0.05) is 5.46 Å². The third-order valence-electron chi connectivity index (χ3n) is 4.89. The minimum absolute atomic E-state index is 0.0638. The number of halogens is 3. The Morgan fingerprint density at radius 2 is 1.59 bits per heavy atom. The van der Waals surface area contributed by atoms with Gasteiger partial charge in [0.25, 0.3) is 0 Å². The number of hydrogen-bond acceptors (Lipinski definition) is 5. The second-order valence-corrected chi connectivity index (χ2v) is 9.13. The maximum absolute atomic E-state index is 13.3. The summed E-state index contributed by atoms with van der Waals surface area (Å²) in [6.07, 6.45) is -5.58. The van der Waals surface area contributed by atoms with Crippen LogP contribution in [0, 0.1) is 0 Å². The number of carbonyl (C=O) groups excluding carboxylic acids is 1. The molecule has 0 aliphatic carbocycles. The first-order valence-corrected chi connectivity index (χ1v) is 9.39. The lowest BCUT2D eigenvalue weighted by atomic mass is 9.77. The largest absolute Gasteiger partial charge is 0.498 e. The van der Waals surface area contributed by atoms with Crippen LogP contribution in [0.15, 0.2) is 18.2 Å². The molecule has 1 aromatic rings. The highest BCUT2D eigenvalue weighted by Gasteiger charge is 2.53. The molecule has 162 valence electrons. The predicted octanol–water partition coefficient (Wildman–Crippen LogP) is 4.11. The maximum atomic E-state index is 13.3. The van der Waals surface area contributed by atoms with Crippen LogP contribution in [0.2, 0.25) is 0 Å². The van der Waals surface area contributed by atoms with Crippen LogP contribution in [0.1, 0.15) is 61.0 Å². The number of alkyl halides is 3. The average molecular weight is 416 g/mol. The Morgan fingerprint density at radius 3 is 2.03 bits per heavy atom. The summed E-state index contributed by atoms with van der Waals surface area (Å²) < 4.78 is 62.5. The van der Waals surface area contributed by atoms with Gasteiger partial charge in [-0.1, -0.05) is 0 Å². The Kier molecular flexibility index (Phi) is 6.09. The van der Waals surface area contributed by atoms with Gasteiger partial charge in [0.15, 0.2) is 6.10 Å². The predicted molar refractivity (Wildman–Crippen MR) is 103 cm³/mol.